The van der Waals surface area contributed by atoms with Crippen molar-refractivity contribution in [1.29, 1.82) is 0 Å². The molecule has 1 saturated heterocycles. The first-order valence-electron chi connectivity index (χ1n) is 7.06. The molecule has 2 heterocycles. The summed E-state index contributed by atoms with van der Waals surface area (Å²) < 4.78 is 5.34. The maximum Gasteiger partial charge on any atom is 0.226 e. The first kappa shape index (κ1) is 13.5. The van der Waals surface area contributed by atoms with Crippen LogP contribution >= 0.6 is 0 Å². The fraction of sp³-hybridized carbons (Fsp3) is 0.846. The lowest BCUT2D eigenvalue weighted by molar-refractivity contribution is 0.147. The van der Waals surface area contributed by atoms with E-state index in [0.29, 0.717) is 6.04 Å². The van der Waals surface area contributed by atoms with Crippen LogP contribution in [0.3, 0.4) is 0 Å². The van der Waals surface area contributed by atoms with Gasteiger partial charge in [0.25, 0.3) is 0 Å². The summed E-state index contributed by atoms with van der Waals surface area (Å²) in [6.45, 7) is 5.41. The van der Waals surface area contributed by atoms with E-state index in [-0.39, 0.29) is 0 Å². The quantitative estimate of drug-likeness (QED) is 0.782. The maximum atomic E-state index is 5.34. The number of hydrogen-bond acceptors (Lipinski definition) is 5. The van der Waals surface area contributed by atoms with Gasteiger partial charge in [0, 0.05) is 6.42 Å². The Kier molecular flexibility index (Phi) is 5.13. The number of aryl methyl sites for hydroxylation is 1. The molecule has 1 aromatic rings. The largest absolute Gasteiger partial charge is 0.339 e. The predicted octanol–water partition coefficient (Wildman–Crippen LogP) is 1.77. The van der Waals surface area contributed by atoms with E-state index in [1.54, 1.807) is 0 Å². The molecule has 1 aliphatic rings. The van der Waals surface area contributed by atoms with Gasteiger partial charge in [-0.1, -0.05) is 18.5 Å². The molecule has 1 aromatic heterocycles. The molecule has 0 bridgehead atoms. The van der Waals surface area contributed by atoms with Gasteiger partial charge < -0.3 is 9.84 Å². The summed E-state index contributed by atoms with van der Waals surface area (Å²) in [6.07, 6.45) is 5.62. The minimum absolute atomic E-state index is 0.366. The van der Waals surface area contributed by atoms with Crippen LogP contribution in [0.1, 0.15) is 50.4 Å². The Bertz CT molecular complexity index is 353. The summed E-state index contributed by atoms with van der Waals surface area (Å²) in [5.41, 5.74) is 0. The van der Waals surface area contributed by atoms with Crippen molar-refractivity contribution in [2.45, 2.75) is 45.1 Å². The standard InChI is InChI=1S/C13H24N4O/c1-3-17-10-5-4-7-11(17)13-15-12(18-16-13)8-6-9-14-2/h11,14H,3-10H2,1-2H3. The average molecular weight is 252 g/mol. The van der Waals surface area contributed by atoms with Crippen molar-refractivity contribution in [3.63, 3.8) is 0 Å². The van der Waals surface area contributed by atoms with Gasteiger partial charge in [-0.2, -0.15) is 4.98 Å². The molecular formula is C13H24N4O. The van der Waals surface area contributed by atoms with Gasteiger partial charge in [0.05, 0.1) is 6.04 Å². The lowest BCUT2D eigenvalue weighted by Crippen LogP contribution is -2.33. The Morgan fingerprint density at radius 1 is 1.44 bits per heavy atom. The normalized spacial score (nSPS) is 21.3. The van der Waals surface area contributed by atoms with Crippen molar-refractivity contribution in [3.05, 3.63) is 11.7 Å². The number of aromatic nitrogens is 2. The van der Waals surface area contributed by atoms with Gasteiger partial charge in [-0.3, -0.25) is 4.90 Å². The second-order valence-corrected chi connectivity index (χ2v) is 4.89. The van der Waals surface area contributed by atoms with Crippen LogP contribution in [0.2, 0.25) is 0 Å². The monoisotopic (exact) mass is 252 g/mol. The molecular weight excluding hydrogens is 228 g/mol. The summed E-state index contributed by atoms with van der Waals surface area (Å²) in [5.74, 6) is 1.66. The van der Waals surface area contributed by atoms with Gasteiger partial charge >= 0.3 is 0 Å². The van der Waals surface area contributed by atoms with E-state index in [0.717, 1.165) is 50.6 Å². The highest BCUT2D eigenvalue weighted by atomic mass is 16.5. The van der Waals surface area contributed by atoms with Crippen LogP contribution in [0, 0.1) is 0 Å². The first-order chi connectivity index (χ1) is 8.85. The zero-order valence-corrected chi connectivity index (χ0v) is 11.5. The zero-order chi connectivity index (χ0) is 12.8. The molecule has 5 nitrogen and oxygen atoms in total. The second kappa shape index (κ2) is 6.85. The fourth-order valence-electron chi connectivity index (χ4n) is 2.58. The van der Waals surface area contributed by atoms with Gasteiger partial charge in [0.15, 0.2) is 5.82 Å². The van der Waals surface area contributed by atoms with Gasteiger partial charge in [0.2, 0.25) is 5.89 Å². The van der Waals surface area contributed by atoms with E-state index >= 15 is 0 Å². The average Bonchev–Trinajstić information content (AvgIpc) is 2.88. The van der Waals surface area contributed by atoms with Crippen molar-refractivity contribution in [1.82, 2.24) is 20.4 Å². The highest BCUT2D eigenvalue weighted by molar-refractivity contribution is 4.97. The minimum atomic E-state index is 0.366. The summed E-state index contributed by atoms with van der Waals surface area (Å²) in [4.78, 5) is 7.01. The van der Waals surface area contributed by atoms with Gasteiger partial charge in [0.1, 0.15) is 0 Å². The molecule has 18 heavy (non-hydrogen) atoms. The lowest BCUT2D eigenvalue weighted by atomic mass is 10.0. The van der Waals surface area contributed by atoms with Crippen molar-refractivity contribution in [2.24, 2.45) is 0 Å². The van der Waals surface area contributed by atoms with Gasteiger partial charge in [-0.15, -0.1) is 0 Å². The van der Waals surface area contributed by atoms with Crippen LogP contribution in [-0.4, -0.2) is 41.7 Å². The summed E-state index contributed by atoms with van der Waals surface area (Å²) in [5, 5.41) is 7.29. The molecule has 1 aliphatic heterocycles. The van der Waals surface area contributed by atoms with Crippen molar-refractivity contribution >= 4 is 0 Å². The Morgan fingerprint density at radius 3 is 3.11 bits per heavy atom. The molecule has 102 valence electrons. The van der Waals surface area contributed by atoms with Crippen molar-refractivity contribution in [2.75, 3.05) is 26.7 Å². The first-order valence-corrected chi connectivity index (χ1v) is 7.06. The zero-order valence-electron chi connectivity index (χ0n) is 11.5. The highest BCUT2D eigenvalue weighted by Gasteiger charge is 2.26. The summed E-state index contributed by atoms with van der Waals surface area (Å²) in [7, 11) is 1.96. The number of hydrogen-bond donors (Lipinski definition) is 1. The van der Waals surface area contributed by atoms with E-state index in [1.165, 1.54) is 12.8 Å². The van der Waals surface area contributed by atoms with Crippen LogP contribution in [0.15, 0.2) is 4.52 Å². The molecule has 1 unspecified atom stereocenters. The minimum Gasteiger partial charge on any atom is -0.339 e. The number of piperidine rings is 1. The molecule has 0 aliphatic carbocycles. The smallest absolute Gasteiger partial charge is 0.226 e. The van der Waals surface area contributed by atoms with E-state index in [4.69, 9.17) is 4.52 Å². The van der Waals surface area contributed by atoms with Crippen LogP contribution < -0.4 is 5.32 Å². The Balaban J connectivity index is 1.95. The maximum absolute atomic E-state index is 5.34. The van der Waals surface area contributed by atoms with Crippen LogP contribution in [0.5, 0.6) is 0 Å². The van der Waals surface area contributed by atoms with E-state index in [2.05, 4.69) is 27.3 Å². The number of nitrogens with one attached hydrogen (secondary N) is 1. The summed E-state index contributed by atoms with van der Waals surface area (Å²) >= 11 is 0. The molecule has 0 amide bonds. The van der Waals surface area contributed by atoms with Crippen LogP contribution in [0.4, 0.5) is 0 Å². The van der Waals surface area contributed by atoms with E-state index in [1.807, 2.05) is 7.05 Å². The number of likely N-dealkylation sites (tertiary alicyclic amines) is 1. The molecule has 1 fully saturated rings. The third-order valence-corrected chi connectivity index (χ3v) is 3.62. The fourth-order valence-corrected chi connectivity index (χ4v) is 2.58. The molecule has 0 aromatic carbocycles. The van der Waals surface area contributed by atoms with Crippen molar-refractivity contribution in [3.8, 4) is 0 Å². The summed E-state index contributed by atoms with van der Waals surface area (Å²) in [6, 6.07) is 0.366. The van der Waals surface area contributed by atoms with E-state index in [9.17, 15) is 0 Å². The molecule has 2 rings (SSSR count). The highest BCUT2D eigenvalue weighted by Crippen LogP contribution is 2.28. The Morgan fingerprint density at radius 2 is 2.33 bits per heavy atom. The molecule has 5 heteroatoms. The topological polar surface area (TPSA) is 54.2 Å². The Hall–Kier alpha value is -0.940. The van der Waals surface area contributed by atoms with Crippen molar-refractivity contribution < 1.29 is 4.52 Å². The third-order valence-electron chi connectivity index (χ3n) is 3.62. The third kappa shape index (κ3) is 3.29. The predicted molar refractivity (Wildman–Crippen MR) is 70.4 cm³/mol. The SMILES string of the molecule is CCN1CCCCC1c1noc(CCCNC)n1. The number of rotatable bonds is 6. The number of nitrogens with zero attached hydrogens (tertiary/aromatic N) is 3. The molecule has 0 spiro atoms. The Labute approximate surface area is 109 Å². The molecule has 1 atom stereocenters. The van der Waals surface area contributed by atoms with Gasteiger partial charge in [-0.05, 0) is 45.9 Å². The van der Waals surface area contributed by atoms with Gasteiger partial charge in [-0.25, -0.2) is 0 Å². The van der Waals surface area contributed by atoms with Crippen LogP contribution in [-0.2, 0) is 6.42 Å². The van der Waals surface area contributed by atoms with E-state index < -0.39 is 0 Å². The molecule has 0 saturated carbocycles. The lowest BCUT2D eigenvalue weighted by Gasteiger charge is -2.32. The second-order valence-electron chi connectivity index (χ2n) is 4.89. The molecule has 1 N–H and O–H groups in total. The molecule has 0 radical (unpaired) electrons. The van der Waals surface area contributed by atoms with Crippen LogP contribution in [0.25, 0.3) is 0 Å².